The molecule has 286 valence electrons. The molecule has 0 spiro atoms. The molecule has 5 aromatic carbocycles. The molecule has 0 aliphatic carbocycles. The van der Waals surface area contributed by atoms with Gasteiger partial charge in [-0.2, -0.15) is 0 Å². The highest BCUT2D eigenvalue weighted by atomic mass is 32.2. The summed E-state index contributed by atoms with van der Waals surface area (Å²) in [4.78, 5) is 28.1. The quantitative estimate of drug-likeness (QED) is 0.0544. The number of hydrogen-bond donors (Lipinski definition) is 1. The fourth-order valence-corrected chi connectivity index (χ4v) is 7.31. The van der Waals surface area contributed by atoms with Crippen LogP contribution in [0.25, 0.3) is 0 Å². The van der Waals surface area contributed by atoms with E-state index in [1.165, 1.54) is 19.1 Å². The van der Waals surface area contributed by atoms with Crippen molar-refractivity contribution in [1.82, 2.24) is 4.72 Å². The Balaban J connectivity index is 1.30. The lowest BCUT2D eigenvalue weighted by molar-refractivity contribution is -0.147. The number of halogens is 1. The highest BCUT2D eigenvalue weighted by molar-refractivity contribution is 7.88. The van der Waals surface area contributed by atoms with Gasteiger partial charge in [0.25, 0.3) is 0 Å². The monoisotopic (exact) mass is 764 g/mol. The second-order valence-corrected chi connectivity index (χ2v) is 15.5. The molecule has 1 aliphatic heterocycles. The molecule has 0 bridgehead atoms. The van der Waals surface area contributed by atoms with E-state index in [1.54, 1.807) is 17.0 Å². The molecule has 9 nitrogen and oxygen atoms in total. The van der Waals surface area contributed by atoms with Crippen molar-refractivity contribution in [1.29, 1.82) is 0 Å². The molecule has 0 radical (unpaired) electrons. The van der Waals surface area contributed by atoms with Gasteiger partial charge >= 0.3 is 5.97 Å². The molecule has 5 aromatic rings. The van der Waals surface area contributed by atoms with Gasteiger partial charge in [0, 0.05) is 30.8 Å². The molecule has 11 heteroatoms. The van der Waals surface area contributed by atoms with E-state index in [2.05, 4.69) is 4.72 Å². The summed E-state index contributed by atoms with van der Waals surface area (Å²) < 4.78 is 57.7. The van der Waals surface area contributed by atoms with Crippen LogP contribution in [-0.2, 0) is 44.0 Å². The van der Waals surface area contributed by atoms with Crippen LogP contribution in [0.4, 0.5) is 10.1 Å². The minimum atomic E-state index is -3.26. The number of rotatable bonds is 18. The Morgan fingerprint density at radius 2 is 1.45 bits per heavy atom. The number of sulfonamides is 1. The first-order valence-corrected chi connectivity index (χ1v) is 20.2. The number of β-lactam (4-membered cyclic amide) rings is 1. The van der Waals surface area contributed by atoms with Crippen LogP contribution in [0.15, 0.2) is 127 Å². The third kappa shape index (κ3) is 10.8. The van der Waals surface area contributed by atoms with Crippen molar-refractivity contribution in [2.45, 2.75) is 58.0 Å². The first kappa shape index (κ1) is 39.2. The minimum absolute atomic E-state index is 0.0887. The highest BCUT2D eigenvalue weighted by Gasteiger charge is 2.49. The molecule has 1 saturated heterocycles. The van der Waals surface area contributed by atoms with Gasteiger partial charge in [-0.3, -0.25) is 9.59 Å². The fraction of sp³-hybridized carbons (Fsp3) is 0.273. The van der Waals surface area contributed by atoms with Gasteiger partial charge in [-0.25, -0.2) is 17.5 Å². The summed E-state index contributed by atoms with van der Waals surface area (Å²) in [5, 5.41) is 0. The summed E-state index contributed by atoms with van der Waals surface area (Å²) in [5.74, 6) is -0.254. The van der Waals surface area contributed by atoms with Crippen LogP contribution in [0.2, 0.25) is 0 Å². The summed E-state index contributed by atoms with van der Waals surface area (Å²) in [7, 11) is -3.26. The molecule has 1 heterocycles. The van der Waals surface area contributed by atoms with E-state index in [0.717, 1.165) is 28.5 Å². The molecule has 55 heavy (non-hydrogen) atoms. The molecule has 1 N–H and O–H groups in total. The van der Waals surface area contributed by atoms with E-state index in [4.69, 9.17) is 14.2 Å². The normalized spacial score (nSPS) is 15.9. The summed E-state index contributed by atoms with van der Waals surface area (Å²) >= 11 is 0. The van der Waals surface area contributed by atoms with Gasteiger partial charge in [0.15, 0.2) is 0 Å². The van der Waals surface area contributed by atoms with Crippen molar-refractivity contribution in [3.8, 4) is 11.5 Å². The lowest BCUT2D eigenvalue weighted by Gasteiger charge is -2.48. The lowest BCUT2D eigenvalue weighted by atomic mass is 9.77. The maximum Gasteiger partial charge on any atom is 0.303 e. The van der Waals surface area contributed by atoms with Crippen molar-refractivity contribution in [2.24, 2.45) is 5.92 Å². The van der Waals surface area contributed by atoms with E-state index in [0.29, 0.717) is 68.2 Å². The van der Waals surface area contributed by atoms with E-state index < -0.39 is 39.9 Å². The summed E-state index contributed by atoms with van der Waals surface area (Å²) in [6, 6.07) is 38.5. The largest absolute Gasteiger partial charge is 0.489 e. The number of anilines is 1. The third-order valence-electron chi connectivity index (χ3n) is 9.51. The number of hydrogen-bond acceptors (Lipinski definition) is 7. The van der Waals surface area contributed by atoms with Crippen molar-refractivity contribution in [2.75, 3.05) is 17.7 Å². The Morgan fingerprint density at radius 1 is 0.818 bits per heavy atom. The Labute approximate surface area is 322 Å². The SMILES string of the molecule is CC(=O)O[C@@H](CCC1C(=O)N(c2ccc(CCCNS(C)(=O)=O)cc2)C1c1ccc(OCc2ccccc2)cc1OCc1ccccc1)c1ccc(F)cc1. The van der Waals surface area contributed by atoms with Gasteiger partial charge in [0.2, 0.25) is 15.9 Å². The molecule has 3 atom stereocenters. The zero-order valence-electron chi connectivity index (χ0n) is 30.9. The lowest BCUT2D eigenvalue weighted by Crippen LogP contribution is -2.55. The Hall–Kier alpha value is -5.52. The molecule has 0 saturated carbocycles. The Kier molecular flexibility index (Phi) is 13.0. The highest BCUT2D eigenvalue weighted by Crippen LogP contribution is 2.49. The van der Waals surface area contributed by atoms with Gasteiger partial charge in [-0.05, 0) is 84.3 Å². The van der Waals surface area contributed by atoms with Crippen LogP contribution < -0.4 is 19.1 Å². The number of esters is 1. The van der Waals surface area contributed by atoms with Crippen molar-refractivity contribution in [3.63, 3.8) is 0 Å². The Bertz CT molecular complexity index is 2150. The number of carbonyl (C=O) groups is 2. The molecular weight excluding hydrogens is 720 g/mol. The number of carbonyl (C=O) groups excluding carboxylic acids is 2. The summed E-state index contributed by atoms with van der Waals surface area (Å²) in [5.41, 5.74) is 5.16. The average Bonchev–Trinajstić information content (AvgIpc) is 3.18. The first-order valence-electron chi connectivity index (χ1n) is 18.3. The zero-order chi connectivity index (χ0) is 38.8. The molecular formula is C44H45FN2O7S. The molecule has 2 unspecified atom stereocenters. The number of benzene rings is 5. The van der Waals surface area contributed by atoms with Gasteiger partial charge in [0.1, 0.15) is 36.6 Å². The molecule has 0 aromatic heterocycles. The number of nitrogens with one attached hydrogen (secondary N) is 1. The second kappa shape index (κ2) is 18.2. The first-order chi connectivity index (χ1) is 26.5. The smallest absolute Gasteiger partial charge is 0.303 e. The van der Waals surface area contributed by atoms with Crippen molar-refractivity contribution < 1.29 is 36.6 Å². The van der Waals surface area contributed by atoms with Crippen molar-refractivity contribution in [3.05, 3.63) is 161 Å². The van der Waals surface area contributed by atoms with Gasteiger partial charge in [-0.1, -0.05) is 84.9 Å². The maximum atomic E-state index is 14.2. The molecule has 6 rings (SSSR count). The summed E-state index contributed by atoms with van der Waals surface area (Å²) in [6.45, 7) is 2.33. The number of nitrogens with zero attached hydrogens (tertiary/aromatic N) is 1. The van der Waals surface area contributed by atoms with Gasteiger partial charge in [-0.15, -0.1) is 0 Å². The van der Waals surface area contributed by atoms with E-state index >= 15 is 0 Å². The van der Waals surface area contributed by atoms with Crippen LogP contribution in [0.1, 0.15) is 66.1 Å². The molecule has 1 aliphatic rings. The molecule has 1 amide bonds. The Morgan fingerprint density at radius 3 is 2.07 bits per heavy atom. The predicted octanol–water partition coefficient (Wildman–Crippen LogP) is 8.25. The van der Waals surface area contributed by atoms with E-state index in [1.807, 2.05) is 103 Å². The minimum Gasteiger partial charge on any atom is -0.489 e. The third-order valence-corrected chi connectivity index (χ3v) is 10.2. The maximum absolute atomic E-state index is 14.2. The van der Waals surface area contributed by atoms with Crippen LogP contribution in [-0.4, -0.2) is 33.1 Å². The topological polar surface area (TPSA) is 111 Å². The van der Waals surface area contributed by atoms with E-state index in [9.17, 15) is 22.4 Å². The second-order valence-electron chi connectivity index (χ2n) is 13.7. The average molecular weight is 765 g/mol. The van der Waals surface area contributed by atoms with Gasteiger partial charge < -0.3 is 19.1 Å². The van der Waals surface area contributed by atoms with Crippen LogP contribution in [0.3, 0.4) is 0 Å². The van der Waals surface area contributed by atoms with E-state index in [-0.39, 0.29) is 5.91 Å². The number of aryl methyl sites for hydroxylation is 1. The van der Waals surface area contributed by atoms with Crippen LogP contribution in [0, 0.1) is 11.7 Å². The fourth-order valence-electron chi connectivity index (χ4n) is 6.80. The van der Waals surface area contributed by atoms with Crippen LogP contribution in [0.5, 0.6) is 11.5 Å². The van der Waals surface area contributed by atoms with Gasteiger partial charge in [0.05, 0.1) is 18.2 Å². The molecule has 1 fully saturated rings. The summed E-state index contributed by atoms with van der Waals surface area (Å²) in [6.07, 6.45) is 2.47. The van der Waals surface area contributed by atoms with Crippen molar-refractivity contribution >= 4 is 27.6 Å². The standard InChI is InChI=1S/C44H45FN2O7S/c1-31(48)54-41(35-17-19-36(45)20-18-35)26-25-40-43(47(44(40)49)37-21-15-32(16-22-37)14-9-27-46-55(2,50)51)39-24-23-38(52-29-33-10-5-3-6-11-33)28-42(39)53-30-34-12-7-4-8-13-34/h3-8,10-13,15-24,28,40-41,43,46H,9,14,25-27,29-30H2,1-2H3/t40?,41-,43?/m0/s1. The zero-order valence-corrected chi connectivity index (χ0v) is 31.7. The predicted molar refractivity (Wildman–Crippen MR) is 209 cm³/mol. The number of ether oxygens (including phenoxy) is 3. The van der Waals surface area contributed by atoms with Crippen LogP contribution >= 0.6 is 0 Å². The number of amides is 1.